The molecule has 0 aliphatic rings. The Bertz CT molecular complexity index is 689. The number of non-ortho nitro benzene ring substituents is 1. The number of nitro benzene ring substituents is 1. The van der Waals surface area contributed by atoms with E-state index in [-0.39, 0.29) is 5.69 Å². The van der Waals surface area contributed by atoms with Gasteiger partial charge in [0.25, 0.3) is 5.69 Å². The molecule has 0 saturated heterocycles. The number of quaternary nitrogens is 1. The molecule has 7 heteroatoms. The third-order valence-electron chi connectivity index (χ3n) is 3.66. The van der Waals surface area contributed by atoms with Gasteiger partial charge >= 0.3 is 0 Å². The van der Waals surface area contributed by atoms with Gasteiger partial charge < -0.3 is 15.5 Å². The maximum Gasteiger partial charge on any atom is 0.271 e. The van der Waals surface area contributed by atoms with E-state index in [0.717, 1.165) is 19.6 Å². The Morgan fingerprint density at radius 3 is 2.50 bits per heavy atom. The van der Waals surface area contributed by atoms with Crippen LogP contribution in [0.4, 0.5) is 17.1 Å². The van der Waals surface area contributed by atoms with E-state index in [9.17, 15) is 10.1 Å². The van der Waals surface area contributed by atoms with Crippen molar-refractivity contribution < 1.29 is 10.2 Å². The van der Waals surface area contributed by atoms with Gasteiger partial charge in [-0.1, -0.05) is 23.7 Å². The van der Waals surface area contributed by atoms with E-state index in [0.29, 0.717) is 10.7 Å². The maximum atomic E-state index is 10.7. The third kappa shape index (κ3) is 5.11. The number of nitro groups is 1. The normalized spacial score (nSPS) is 10.5. The summed E-state index contributed by atoms with van der Waals surface area (Å²) in [6.07, 6.45) is 0. The summed E-state index contributed by atoms with van der Waals surface area (Å²) in [6.45, 7) is 2.51. The van der Waals surface area contributed by atoms with Crippen LogP contribution in [-0.2, 0) is 6.54 Å². The second-order valence-corrected chi connectivity index (χ2v) is 6.10. The van der Waals surface area contributed by atoms with Gasteiger partial charge in [-0.25, -0.2) is 0 Å². The monoisotopic (exact) mass is 349 g/mol. The Kier molecular flexibility index (Phi) is 6.40. The number of hydrogen-bond acceptors (Lipinski definition) is 4. The summed E-state index contributed by atoms with van der Waals surface area (Å²) in [5.74, 6) is 0. The van der Waals surface area contributed by atoms with Crippen LogP contribution in [0.5, 0.6) is 0 Å². The molecule has 2 aromatic rings. The zero-order valence-electron chi connectivity index (χ0n) is 13.8. The topological polar surface area (TPSA) is 75.0 Å². The highest BCUT2D eigenvalue weighted by atomic mass is 35.5. The standard InChI is InChI=1S/C17H21ClN4O2/c1-21(2)14-5-3-13(4-6-14)12-19-9-10-20-17-8-7-15(22(23)24)11-16(17)18/h3-8,11,19-20H,9-10,12H2,1-2H3/p+1. The zero-order valence-corrected chi connectivity index (χ0v) is 14.6. The van der Waals surface area contributed by atoms with Gasteiger partial charge in [0.15, 0.2) is 0 Å². The fourth-order valence-electron chi connectivity index (χ4n) is 2.27. The molecule has 0 spiro atoms. The van der Waals surface area contributed by atoms with Crippen molar-refractivity contribution in [3.05, 3.63) is 63.2 Å². The van der Waals surface area contributed by atoms with E-state index >= 15 is 0 Å². The molecule has 0 unspecified atom stereocenters. The van der Waals surface area contributed by atoms with Gasteiger partial charge in [0.1, 0.15) is 6.54 Å². The Morgan fingerprint density at radius 1 is 1.21 bits per heavy atom. The molecular weight excluding hydrogens is 328 g/mol. The molecule has 6 nitrogen and oxygen atoms in total. The molecule has 24 heavy (non-hydrogen) atoms. The molecule has 0 bridgehead atoms. The van der Waals surface area contributed by atoms with E-state index in [2.05, 4.69) is 39.8 Å². The van der Waals surface area contributed by atoms with Crippen molar-refractivity contribution in [2.45, 2.75) is 6.54 Å². The molecule has 2 aromatic carbocycles. The van der Waals surface area contributed by atoms with E-state index in [1.165, 1.54) is 23.4 Å². The predicted molar refractivity (Wildman–Crippen MR) is 97.9 cm³/mol. The molecule has 0 aromatic heterocycles. The van der Waals surface area contributed by atoms with Crippen molar-refractivity contribution in [2.24, 2.45) is 0 Å². The lowest BCUT2D eigenvalue weighted by Gasteiger charge is -2.12. The number of hydrogen-bond donors (Lipinski definition) is 2. The molecule has 0 saturated carbocycles. The van der Waals surface area contributed by atoms with E-state index in [1.807, 2.05) is 14.1 Å². The third-order valence-corrected chi connectivity index (χ3v) is 3.97. The average Bonchev–Trinajstić information content (AvgIpc) is 2.56. The lowest BCUT2D eigenvalue weighted by molar-refractivity contribution is -0.668. The highest BCUT2D eigenvalue weighted by molar-refractivity contribution is 6.33. The molecule has 0 aliphatic carbocycles. The highest BCUT2D eigenvalue weighted by Gasteiger charge is 2.09. The number of rotatable bonds is 8. The first-order valence-corrected chi connectivity index (χ1v) is 8.11. The van der Waals surface area contributed by atoms with Crippen LogP contribution in [0.15, 0.2) is 42.5 Å². The largest absolute Gasteiger partial charge is 0.378 e. The zero-order chi connectivity index (χ0) is 17.5. The number of nitrogens with two attached hydrogens (primary N) is 1. The number of benzene rings is 2. The van der Waals surface area contributed by atoms with Crippen molar-refractivity contribution >= 4 is 28.7 Å². The lowest BCUT2D eigenvalue weighted by Crippen LogP contribution is -2.83. The fourth-order valence-corrected chi connectivity index (χ4v) is 2.51. The summed E-state index contributed by atoms with van der Waals surface area (Å²) < 4.78 is 0. The van der Waals surface area contributed by atoms with E-state index in [4.69, 9.17) is 11.6 Å². The SMILES string of the molecule is CN(C)c1ccc(C[NH2+]CCNc2ccc([N+](=O)[O-])cc2Cl)cc1. The molecule has 0 heterocycles. The summed E-state index contributed by atoms with van der Waals surface area (Å²) >= 11 is 6.04. The van der Waals surface area contributed by atoms with Gasteiger partial charge in [-0.15, -0.1) is 0 Å². The molecule has 3 N–H and O–H groups in total. The first-order chi connectivity index (χ1) is 11.5. The summed E-state index contributed by atoms with van der Waals surface area (Å²) in [5, 5.41) is 16.4. The summed E-state index contributed by atoms with van der Waals surface area (Å²) in [6, 6.07) is 12.9. The van der Waals surface area contributed by atoms with Crippen molar-refractivity contribution in [3.8, 4) is 0 Å². The molecular formula is C17H22ClN4O2+. The van der Waals surface area contributed by atoms with Crippen LogP contribution in [0, 0.1) is 10.1 Å². The van der Waals surface area contributed by atoms with Crippen molar-refractivity contribution in [1.29, 1.82) is 0 Å². The van der Waals surface area contributed by atoms with Crippen molar-refractivity contribution in [1.82, 2.24) is 0 Å². The number of nitrogens with one attached hydrogen (secondary N) is 1. The minimum Gasteiger partial charge on any atom is -0.378 e. The summed E-state index contributed by atoms with van der Waals surface area (Å²) in [5.41, 5.74) is 3.17. The van der Waals surface area contributed by atoms with Crippen molar-refractivity contribution in [2.75, 3.05) is 37.4 Å². The Hall–Kier alpha value is -2.31. The molecule has 0 fully saturated rings. The average molecular weight is 350 g/mol. The predicted octanol–water partition coefficient (Wildman–Crippen LogP) is 2.49. The quantitative estimate of drug-likeness (QED) is 0.436. The molecule has 2 rings (SSSR count). The number of anilines is 2. The first kappa shape index (κ1) is 18.0. The van der Waals surface area contributed by atoms with E-state index < -0.39 is 4.92 Å². The molecule has 0 amide bonds. The van der Waals surface area contributed by atoms with Crippen LogP contribution in [0.1, 0.15) is 5.56 Å². The van der Waals surface area contributed by atoms with Crippen LogP contribution >= 0.6 is 11.6 Å². The Labute approximate surface area is 146 Å². The minimum atomic E-state index is -0.453. The Balaban J connectivity index is 1.74. The van der Waals surface area contributed by atoms with Crippen LogP contribution in [0.25, 0.3) is 0 Å². The van der Waals surface area contributed by atoms with Gasteiger partial charge in [0.2, 0.25) is 0 Å². The highest BCUT2D eigenvalue weighted by Crippen LogP contribution is 2.26. The molecule has 0 atom stereocenters. The van der Waals surface area contributed by atoms with Crippen LogP contribution in [-0.4, -0.2) is 32.1 Å². The first-order valence-electron chi connectivity index (χ1n) is 7.73. The second-order valence-electron chi connectivity index (χ2n) is 5.69. The molecule has 128 valence electrons. The van der Waals surface area contributed by atoms with Gasteiger partial charge in [-0.05, 0) is 18.2 Å². The summed E-state index contributed by atoms with van der Waals surface area (Å²) in [7, 11) is 4.05. The lowest BCUT2D eigenvalue weighted by atomic mass is 10.2. The fraction of sp³-hybridized carbons (Fsp3) is 0.294. The van der Waals surface area contributed by atoms with Crippen LogP contribution in [0.3, 0.4) is 0 Å². The number of nitrogens with zero attached hydrogens (tertiary/aromatic N) is 2. The molecule has 0 aliphatic heterocycles. The second kappa shape index (κ2) is 8.52. The smallest absolute Gasteiger partial charge is 0.271 e. The minimum absolute atomic E-state index is 0.00159. The van der Waals surface area contributed by atoms with Crippen LogP contribution < -0.4 is 15.5 Å². The van der Waals surface area contributed by atoms with Gasteiger partial charge in [-0.2, -0.15) is 0 Å². The van der Waals surface area contributed by atoms with E-state index in [1.54, 1.807) is 6.07 Å². The number of halogens is 1. The van der Waals surface area contributed by atoms with Gasteiger partial charge in [0.05, 0.1) is 28.7 Å². The maximum absolute atomic E-state index is 10.7. The summed E-state index contributed by atoms with van der Waals surface area (Å²) in [4.78, 5) is 12.3. The Morgan fingerprint density at radius 2 is 1.92 bits per heavy atom. The molecule has 0 radical (unpaired) electrons. The van der Waals surface area contributed by atoms with Gasteiger partial charge in [-0.3, -0.25) is 10.1 Å². The van der Waals surface area contributed by atoms with Crippen LogP contribution in [0.2, 0.25) is 5.02 Å². The van der Waals surface area contributed by atoms with Crippen molar-refractivity contribution in [3.63, 3.8) is 0 Å². The van der Waals surface area contributed by atoms with Gasteiger partial charge in [0, 0.05) is 37.5 Å².